The van der Waals surface area contributed by atoms with Crippen molar-refractivity contribution >= 4 is 5.96 Å². The Hall–Kier alpha value is -1.59. The number of rotatable bonds is 10. The average Bonchev–Trinajstić information content (AvgIpc) is 3.54. The lowest BCUT2D eigenvalue weighted by Crippen LogP contribution is -2.46. The van der Waals surface area contributed by atoms with Gasteiger partial charge < -0.3 is 20.4 Å². The maximum Gasteiger partial charge on any atom is 0.191 e. The largest absolute Gasteiger partial charge is 0.357 e. The summed E-state index contributed by atoms with van der Waals surface area (Å²) in [6.07, 6.45) is 4.96. The quantitative estimate of drug-likeness (QED) is 0.369. The molecule has 0 aromatic heterocycles. The third-order valence-corrected chi connectivity index (χ3v) is 6.23. The number of likely N-dealkylation sites (N-methyl/N-ethyl adjacent to an activating group) is 1. The van der Waals surface area contributed by atoms with E-state index in [-0.39, 0.29) is 5.41 Å². The summed E-state index contributed by atoms with van der Waals surface area (Å²) < 4.78 is 0. The van der Waals surface area contributed by atoms with Gasteiger partial charge in [0.1, 0.15) is 0 Å². The van der Waals surface area contributed by atoms with Gasteiger partial charge in [0, 0.05) is 44.7 Å². The maximum atomic E-state index is 4.91. The second-order valence-corrected chi connectivity index (χ2v) is 8.25. The Morgan fingerprint density at radius 1 is 0.964 bits per heavy atom. The van der Waals surface area contributed by atoms with Gasteiger partial charge in [0.15, 0.2) is 5.96 Å². The molecule has 28 heavy (non-hydrogen) atoms. The molecule has 0 amide bonds. The highest BCUT2D eigenvalue weighted by Gasteiger charge is 2.43. The van der Waals surface area contributed by atoms with E-state index in [9.17, 15) is 0 Å². The van der Waals surface area contributed by atoms with Crippen LogP contribution in [0.2, 0.25) is 0 Å². The molecule has 2 aliphatic rings. The first-order chi connectivity index (χ1) is 13.8. The molecule has 5 nitrogen and oxygen atoms in total. The van der Waals surface area contributed by atoms with Gasteiger partial charge >= 0.3 is 0 Å². The molecule has 0 unspecified atom stereocenters. The topological polar surface area (TPSA) is 42.9 Å². The second-order valence-electron chi connectivity index (χ2n) is 8.25. The van der Waals surface area contributed by atoms with Crippen LogP contribution < -0.4 is 10.6 Å². The minimum absolute atomic E-state index is 0.282. The fourth-order valence-corrected chi connectivity index (χ4v) is 4.05. The Kier molecular flexibility index (Phi) is 8.16. The molecule has 156 valence electrons. The van der Waals surface area contributed by atoms with E-state index >= 15 is 0 Å². The van der Waals surface area contributed by atoms with E-state index in [0.29, 0.717) is 0 Å². The van der Waals surface area contributed by atoms with Gasteiger partial charge in [-0.15, -0.1) is 0 Å². The van der Waals surface area contributed by atoms with E-state index in [1.54, 1.807) is 0 Å². The van der Waals surface area contributed by atoms with E-state index in [4.69, 9.17) is 4.99 Å². The highest BCUT2D eigenvalue weighted by atomic mass is 15.3. The van der Waals surface area contributed by atoms with Crippen molar-refractivity contribution in [2.24, 2.45) is 4.99 Å². The number of hydrogen-bond acceptors (Lipinski definition) is 3. The van der Waals surface area contributed by atoms with Gasteiger partial charge in [0.05, 0.1) is 6.54 Å². The summed E-state index contributed by atoms with van der Waals surface area (Å²) in [5, 5.41) is 6.95. The van der Waals surface area contributed by atoms with Gasteiger partial charge in [-0.2, -0.15) is 0 Å². The molecule has 1 heterocycles. The van der Waals surface area contributed by atoms with Crippen LogP contribution >= 0.6 is 0 Å². The van der Waals surface area contributed by atoms with Crippen LogP contribution in [0.3, 0.4) is 0 Å². The summed E-state index contributed by atoms with van der Waals surface area (Å²) >= 11 is 0. The van der Waals surface area contributed by atoms with Crippen molar-refractivity contribution in [3.05, 3.63) is 35.9 Å². The SMILES string of the molecule is CCNC(=NCC1(c2ccccc2)CC1)NCCCCN1CCN(CC)CC1. The zero-order valence-corrected chi connectivity index (χ0v) is 17.9. The van der Waals surface area contributed by atoms with E-state index < -0.39 is 0 Å². The minimum atomic E-state index is 0.282. The summed E-state index contributed by atoms with van der Waals surface area (Å²) in [5.74, 6) is 0.973. The molecule has 1 aromatic carbocycles. The van der Waals surface area contributed by atoms with Crippen molar-refractivity contribution in [3.8, 4) is 0 Å². The summed E-state index contributed by atoms with van der Waals surface area (Å²) in [7, 11) is 0. The van der Waals surface area contributed by atoms with Crippen LogP contribution in [0, 0.1) is 0 Å². The van der Waals surface area contributed by atoms with E-state index in [1.165, 1.54) is 70.5 Å². The summed E-state index contributed by atoms with van der Waals surface area (Å²) in [5.41, 5.74) is 1.72. The lowest BCUT2D eigenvalue weighted by molar-refractivity contribution is 0.136. The third kappa shape index (κ3) is 6.21. The Balaban J connectivity index is 1.36. The van der Waals surface area contributed by atoms with Crippen LogP contribution in [0.1, 0.15) is 45.1 Å². The van der Waals surface area contributed by atoms with E-state index in [2.05, 4.69) is 64.6 Å². The van der Waals surface area contributed by atoms with Crippen LogP contribution in [0.25, 0.3) is 0 Å². The molecule has 5 heteroatoms. The predicted octanol–water partition coefficient (Wildman–Crippen LogP) is 2.69. The Morgan fingerprint density at radius 3 is 2.32 bits per heavy atom. The van der Waals surface area contributed by atoms with Crippen LogP contribution in [0.5, 0.6) is 0 Å². The van der Waals surface area contributed by atoms with Gasteiger partial charge in [0.25, 0.3) is 0 Å². The second kappa shape index (κ2) is 10.8. The molecule has 1 saturated heterocycles. The van der Waals surface area contributed by atoms with Crippen LogP contribution in [-0.4, -0.2) is 74.7 Å². The highest BCUT2D eigenvalue weighted by molar-refractivity contribution is 5.79. The number of guanidine groups is 1. The fourth-order valence-electron chi connectivity index (χ4n) is 4.05. The predicted molar refractivity (Wildman–Crippen MR) is 119 cm³/mol. The number of piperazine rings is 1. The van der Waals surface area contributed by atoms with Crippen LogP contribution in [0.15, 0.2) is 35.3 Å². The number of nitrogens with one attached hydrogen (secondary N) is 2. The number of benzene rings is 1. The first-order valence-electron chi connectivity index (χ1n) is 11.3. The summed E-state index contributed by atoms with van der Waals surface area (Å²) in [6.45, 7) is 14.5. The van der Waals surface area contributed by atoms with Gasteiger partial charge in [-0.3, -0.25) is 4.99 Å². The molecule has 2 fully saturated rings. The van der Waals surface area contributed by atoms with Crippen LogP contribution in [0.4, 0.5) is 0 Å². The Morgan fingerprint density at radius 2 is 1.68 bits per heavy atom. The van der Waals surface area contributed by atoms with Crippen molar-refractivity contribution < 1.29 is 0 Å². The molecule has 0 atom stereocenters. The van der Waals surface area contributed by atoms with E-state index in [1.807, 2.05) is 0 Å². The summed E-state index contributed by atoms with van der Waals surface area (Å²) in [6, 6.07) is 10.9. The number of aliphatic imine (C=N–C) groups is 1. The first kappa shape index (κ1) is 21.1. The first-order valence-corrected chi connectivity index (χ1v) is 11.3. The molecule has 1 aliphatic carbocycles. The Bertz CT molecular complexity index is 588. The van der Waals surface area contributed by atoms with Crippen molar-refractivity contribution in [2.45, 2.75) is 44.9 Å². The molecule has 0 bridgehead atoms. The smallest absolute Gasteiger partial charge is 0.191 e. The van der Waals surface area contributed by atoms with Crippen molar-refractivity contribution in [1.29, 1.82) is 0 Å². The number of hydrogen-bond donors (Lipinski definition) is 2. The molecule has 1 aliphatic heterocycles. The van der Waals surface area contributed by atoms with Crippen LogP contribution in [-0.2, 0) is 5.41 Å². The summed E-state index contributed by atoms with van der Waals surface area (Å²) in [4.78, 5) is 10.1. The van der Waals surface area contributed by atoms with E-state index in [0.717, 1.165) is 25.6 Å². The van der Waals surface area contributed by atoms with Crippen molar-refractivity contribution in [2.75, 3.05) is 58.9 Å². The third-order valence-electron chi connectivity index (χ3n) is 6.23. The van der Waals surface area contributed by atoms with Gasteiger partial charge in [0.2, 0.25) is 0 Å². The zero-order valence-electron chi connectivity index (χ0n) is 17.9. The number of nitrogens with zero attached hydrogens (tertiary/aromatic N) is 3. The normalized spacial score (nSPS) is 20.1. The standard InChI is InChI=1S/C23H39N5/c1-3-24-22(26-20-23(12-13-23)21-10-6-5-7-11-21)25-14-8-9-15-28-18-16-27(4-2)17-19-28/h5-7,10-11H,3-4,8-9,12-20H2,1-2H3,(H2,24,25,26). The minimum Gasteiger partial charge on any atom is -0.357 e. The Labute approximate surface area is 171 Å². The van der Waals surface area contributed by atoms with Gasteiger partial charge in [-0.25, -0.2) is 0 Å². The molecule has 3 rings (SSSR count). The molecule has 2 N–H and O–H groups in total. The van der Waals surface area contributed by atoms with Crippen molar-refractivity contribution in [3.63, 3.8) is 0 Å². The fraction of sp³-hybridized carbons (Fsp3) is 0.696. The van der Waals surface area contributed by atoms with Gasteiger partial charge in [-0.05, 0) is 51.3 Å². The number of unbranched alkanes of at least 4 members (excludes halogenated alkanes) is 1. The maximum absolute atomic E-state index is 4.91. The zero-order chi connectivity index (χ0) is 19.7. The van der Waals surface area contributed by atoms with Gasteiger partial charge in [-0.1, -0.05) is 37.3 Å². The molecule has 0 spiro atoms. The average molecular weight is 386 g/mol. The molecule has 1 aromatic rings. The molecular weight excluding hydrogens is 346 g/mol. The molecular formula is C23H39N5. The highest BCUT2D eigenvalue weighted by Crippen LogP contribution is 2.48. The van der Waals surface area contributed by atoms with Crippen molar-refractivity contribution in [1.82, 2.24) is 20.4 Å². The molecule has 0 radical (unpaired) electrons. The molecule has 1 saturated carbocycles. The lowest BCUT2D eigenvalue weighted by atomic mass is 9.96. The monoisotopic (exact) mass is 385 g/mol. The lowest BCUT2D eigenvalue weighted by Gasteiger charge is -2.34.